The second-order valence-electron chi connectivity index (χ2n) is 3.13. The van der Waals surface area contributed by atoms with Gasteiger partial charge in [-0.3, -0.25) is 4.79 Å². The molecule has 0 aliphatic heterocycles. The molecule has 0 saturated carbocycles. The highest BCUT2D eigenvalue weighted by atomic mass is 127. The Kier molecular flexibility index (Phi) is 2.21. The third-order valence-corrected chi connectivity index (χ3v) is 3.32. The Morgan fingerprint density at radius 2 is 1.92 bits per heavy atom. The fourth-order valence-electron chi connectivity index (χ4n) is 1.72. The van der Waals surface area contributed by atoms with Crippen molar-refractivity contribution >= 4 is 22.6 Å². The van der Waals surface area contributed by atoms with Crippen LogP contribution in [0.5, 0.6) is 0 Å². The summed E-state index contributed by atoms with van der Waals surface area (Å²) >= 11 is 2.29. The van der Waals surface area contributed by atoms with Crippen LogP contribution in [0.2, 0.25) is 0 Å². The lowest BCUT2D eigenvalue weighted by molar-refractivity contribution is 0.673. The number of hydrogen-bond acceptors (Lipinski definition) is 1. The molecule has 0 unspecified atom stereocenters. The van der Waals surface area contributed by atoms with E-state index in [1.165, 1.54) is 15.6 Å². The van der Waals surface area contributed by atoms with Crippen molar-refractivity contribution in [3.63, 3.8) is 0 Å². The van der Waals surface area contributed by atoms with Gasteiger partial charge in [0.2, 0.25) is 0 Å². The molecule has 1 N–H and O–H groups in total. The zero-order chi connectivity index (χ0) is 8.55. The van der Waals surface area contributed by atoms with Gasteiger partial charge in [0.1, 0.15) is 0 Å². The van der Waals surface area contributed by atoms with Crippen molar-refractivity contribution in [2.75, 3.05) is 0 Å². The van der Waals surface area contributed by atoms with Crippen LogP contribution < -0.4 is 5.56 Å². The minimum Gasteiger partial charge on any atom is -0.328 e. The van der Waals surface area contributed by atoms with E-state index in [1.807, 2.05) is 6.20 Å². The molecule has 1 aromatic rings. The van der Waals surface area contributed by atoms with E-state index in [1.54, 1.807) is 0 Å². The third-order valence-electron chi connectivity index (χ3n) is 2.36. The predicted octanol–water partition coefficient (Wildman–Crippen LogP) is 1.86. The zero-order valence-electron chi connectivity index (χ0n) is 6.69. The summed E-state index contributed by atoms with van der Waals surface area (Å²) in [6.45, 7) is 0. The maximum absolute atomic E-state index is 11.4. The van der Waals surface area contributed by atoms with Crippen molar-refractivity contribution in [2.45, 2.75) is 25.7 Å². The average molecular weight is 275 g/mol. The first-order chi connectivity index (χ1) is 5.79. The van der Waals surface area contributed by atoms with Gasteiger partial charge in [-0.25, -0.2) is 0 Å². The molecule has 0 fully saturated rings. The first-order valence-corrected chi connectivity index (χ1v) is 5.26. The van der Waals surface area contributed by atoms with E-state index in [4.69, 9.17) is 0 Å². The topological polar surface area (TPSA) is 32.9 Å². The SMILES string of the molecule is O=c1[nH]cc(I)c2c1CCCC2. The zero-order valence-corrected chi connectivity index (χ0v) is 8.85. The number of fused-ring (bicyclic) bond motifs is 1. The highest BCUT2D eigenvalue weighted by molar-refractivity contribution is 14.1. The minimum atomic E-state index is 0.116. The van der Waals surface area contributed by atoms with Crippen molar-refractivity contribution in [3.05, 3.63) is 31.2 Å². The average Bonchev–Trinajstić information content (AvgIpc) is 2.12. The Balaban J connectivity index is 2.64. The largest absolute Gasteiger partial charge is 0.328 e. The fourth-order valence-corrected chi connectivity index (χ4v) is 2.47. The van der Waals surface area contributed by atoms with Crippen LogP contribution in [0.3, 0.4) is 0 Å². The highest BCUT2D eigenvalue weighted by Gasteiger charge is 2.14. The Bertz CT molecular complexity index is 356. The van der Waals surface area contributed by atoms with Crippen LogP contribution in [0.25, 0.3) is 0 Å². The lowest BCUT2D eigenvalue weighted by atomic mass is 9.93. The van der Waals surface area contributed by atoms with E-state index in [0.29, 0.717) is 0 Å². The molecule has 64 valence electrons. The highest BCUT2D eigenvalue weighted by Crippen LogP contribution is 2.21. The van der Waals surface area contributed by atoms with E-state index in [-0.39, 0.29) is 5.56 Å². The van der Waals surface area contributed by atoms with Gasteiger partial charge >= 0.3 is 0 Å². The van der Waals surface area contributed by atoms with E-state index >= 15 is 0 Å². The number of rotatable bonds is 0. The molecule has 1 aliphatic rings. The fraction of sp³-hybridized carbons (Fsp3) is 0.444. The first kappa shape index (κ1) is 8.29. The molecule has 1 aliphatic carbocycles. The predicted molar refractivity (Wildman–Crippen MR) is 56.4 cm³/mol. The maximum Gasteiger partial charge on any atom is 0.251 e. The summed E-state index contributed by atoms with van der Waals surface area (Å²) in [5.74, 6) is 0. The molecule has 0 bridgehead atoms. The molecule has 0 saturated heterocycles. The molecule has 2 nitrogen and oxygen atoms in total. The molecular formula is C9H10INO. The standard InChI is InChI=1S/C9H10INO/c10-8-5-11-9(12)7-4-2-1-3-6(7)8/h5H,1-4H2,(H,11,12). The molecular weight excluding hydrogens is 265 g/mol. The van der Waals surface area contributed by atoms with E-state index in [2.05, 4.69) is 27.6 Å². The molecule has 3 heteroatoms. The van der Waals surface area contributed by atoms with Crippen LogP contribution in [0.1, 0.15) is 24.0 Å². The Morgan fingerprint density at radius 3 is 2.58 bits per heavy atom. The quantitative estimate of drug-likeness (QED) is 0.720. The number of pyridine rings is 1. The van der Waals surface area contributed by atoms with Crippen LogP contribution in [0, 0.1) is 3.57 Å². The maximum atomic E-state index is 11.4. The number of aromatic amines is 1. The van der Waals surface area contributed by atoms with Gasteiger partial charge in [0.25, 0.3) is 5.56 Å². The number of hydrogen-bond donors (Lipinski definition) is 1. The number of H-pyrrole nitrogens is 1. The molecule has 0 radical (unpaired) electrons. The van der Waals surface area contributed by atoms with Crippen molar-refractivity contribution in [1.29, 1.82) is 0 Å². The molecule has 1 heterocycles. The van der Waals surface area contributed by atoms with E-state index in [0.717, 1.165) is 24.8 Å². The number of aromatic nitrogens is 1. The van der Waals surface area contributed by atoms with Gasteiger partial charge in [-0.1, -0.05) is 0 Å². The van der Waals surface area contributed by atoms with Crippen LogP contribution in [-0.2, 0) is 12.8 Å². The normalized spacial score (nSPS) is 15.8. The van der Waals surface area contributed by atoms with Crippen molar-refractivity contribution in [2.24, 2.45) is 0 Å². The van der Waals surface area contributed by atoms with Crippen LogP contribution >= 0.6 is 22.6 Å². The van der Waals surface area contributed by atoms with Gasteiger partial charge in [0.15, 0.2) is 0 Å². The monoisotopic (exact) mass is 275 g/mol. The smallest absolute Gasteiger partial charge is 0.251 e. The van der Waals surface area contributed by atoms with Crippen molar-refractivity contribution in [1.82, 2.24) is 4.98 Å². The van der Waals surface area contributed by atoms with Crippen LogP contribution in [0.15, 0.2) is 11.0 Å². The molecule has 0 amide bonds. The van der Waals surface area contributed by atoms with Gasteiger partial charge in [0, 0.05) is 15.3 Å². The summed E-state index contributed by atoms with van der Waals surface area (Å²) < 4.78 is 1.21. The van der Waals surface area contributed by atoms with Gasteiger partial charge < -0.3 is 4.98 Å². The second kappa shape index (κ2) is 3.20. The Hall–Kier alpha value is -0.320. The molecule has 1 aromatic heterocycles. The number of halogens is 1. The minimum absolute atomic E-state index is 0.116. The lowest BCUT2D eigenvalue weighted by Crippen LogP contribution is -2.19. The summed E-state index contributed by atoms with van der Waals surface area (Å²) in [7, 11) is 0. The molecule has 2 rings (SSSR count). The molecule has 12 heavy (non-hydrogen) atoms. The lowest BCUT2D eigenvalue weighted by Gasteiger charge is -2.15. The van der Waals surface area contributed by atoms with E-state index in [9.17, 15) is 4.79 Å². The van der Waals surface area contributed by atoms with Crippen LogP contribution in [-0.4, -0.2) is 4.98 Å². The van der Waals surface area contributed by atoms with Crippen molar-refractivity contribution < 1.29 is 0 Å². The third kappa shape index (κ3) is 1.30. The van der Waals surface area contributed by atoms with Crippen molar-refractivity contribution in [3.8, 4) is 0 Å². The van der Waals surface area contributed by atoms with Gasteiger partial charge in [0.05, 0.1) is 0 Å². The van der Waals surface area contributed by atoms with Gasteiger partial charge in [-0.2, -0.15) is 0 Å². The van der Waals surface area contributed by atoms with E-state index < -0.39 is 0 Å². The first-order valence-electron chi connectivity index (χ1n) is 4.18. The molecule has 0 atom stereocenters. The van der Waals surface area contributed by atoms with Gasteiger partial charge in [-0.05, 0) is 53.8 Å². The summed E-state index contributed by atoms with van der Waals surface area (Å²) in [6, 6.07) is 0. The summed E-state index contributed by atoms with van der Waals surface area (Å²) in [6.07, 6.45) is 6.24. The Labute approximate surface area is 84.5 Å². The summed E-state index contributed by atoms with van der Waals surface area (Å²) in [4.78, 5) is 14.1. The van der Waals surface area contributed by atoms with Gasteiger partial charge in [-0.15, -0.1) is 0 Å². The van der Waals surface area contributed by atoms with Crippen LogP contribution in [0.4, 0.5) is 0 Å². The number of nitrogens with one attached hydrogen (secondary N) is 1. The molecule has 0 aromatic carbocycles. The summed E-state index contributed by atoms with van der Waals surface area (Å²) in [5, 5.41) is 0. The summed E-state index contributed by atoms with van der Waals surface area (Å²) in [5.41, 5.74) is 2.42. The second-order valence-corrected chi connectivity index (χ2v) is 4.29. The molecule has 0 spiro atoms. The Morgan fingerprint density at radius 1 is 1.25 bits per heavy atom.